The molecule has 1 saturated carbocycles. The zero-order valence-electron chi connectivity index (χ0n) is 24.8. The van der Waals surface area contributed by atoms with E-state index in [1.54, 1.807) is 6.07 Å². The number of rotatable bonds is 11. The van der Waals surface area contributed by atoms with E-state index >= 15 is 0 Å². The van der Waals surface area contributed by atoms with Crippen molar-refractivity contribution in [1.29, 1.82) is 0 Å². The number of hydrogen-bond acceptors (Lipinski definition) is 2. The van der Waals surface area contributed by atoms with Gasteiger partial charge in [-0.1, -0.05) is 86.5 Å². The SMILES string of the molecule is CC(=O)Cn1nc(C2CC2)cc1C(F)(F)F.CCCC(C)C(C)c1[c-]c(C)cc(F)c1.CCCCCCC.[Cr]. The van der Waals surface area contributed by atoms with Gasteiger partial charge in [-0.3, -0.25) is 9.48 Å². The van der Waals surface area contributed by atoms with Gasteiger partial charge >= 0.3 is 6.18 Å². The van der Waals surface area contributed by atoms with E-state index in [1.807, 2.05) is 6.92 Å². The normalized spacial score (nSPS) is 14.2. The van der Waals surface area contributed by atoms with Crippen LogP contribution < -0.4 is 0 Å². The predicted octanol–water partition coefficient (Wildman–Crippen LogP) is 9.82. The molecule has 2 aromatic rings. The first kappa shape index (κ1) is 37.4. The van der Waals surface area contributed by atoms with Crippen molar-refractivity contribution in [3.05, 3.63) is 52.6 Å². The van der Waals surface area contributed by atoms with Gasteiger partial charge in [-0.05, 0) is 37.7 Å². The molecule has 3 nitrogen and oxygen atoms in total. The largest absolute Gasteiger partial charge is 0.433 e. The number of aryl methyl sites for hydroxylation is 1. The van der Waals surface area contributed by atoms with Crippen molar-refractivity contribution in [2.75, 3.05) is 0 Å². The topological polar surface area (TPSA) is 34.9 Å². The summed E-state index contributed by atoms with van der Waals surface area (Å²) in [5.74, 6) is 0.647. The molecule has 3 rings (SSSR count). The van der Waals surface area contributed by atoms with Gasteiger partial charge < -0.3 is 0 Å². The molecule has 1 aromatic heterocycles. The Balaban J connectivity index is 0.000000590. The standard InChI is InChI=1S/C14H20F.C10H11F3N2O.C7H16.Cr/c1-5-6-11(3)12(4)13-7-10(2)8-14(15)9-13;1-6(16)5-15-9(10(11,12)13)4-8(14-15)7-2-3-7;1-3-5-7-6-4-2;/h8-9,11-12H,5-6H2,1-4H3;4,7H,2-3,5H2,1H3;3-7H2,1-2H3;/q-1;;;. The molecular formula is C31H47CrF4N2O-. The number of benzene rings is 1. The Labute approximate surface area is 244 Å². The maximum atomic E-state index is 13.2. The van der Waals surface area contributed by atoms with E-state index in [2.05, 4.69) is 45.8 Å². The first-order valence-electron chi connectivity index (χ1n) is 14.2. The van der Waals surface area contributed by atoms with Crippen molar-refractivity contribution >= 4 is 5.78 Å². The van der Waals surface area contributed by atoms with Crippen LogP contribution in [0.5, 0.6) is 0 Å². The summed E-state index contributed by atoms with van der Waals surface area (Å²) in [6.45, 7) is 13.9. The predicted molar refractivity (Wildman–Crippen MR) is 147 cm³/mol. The molecule has 1 aliphatic rings. The molecule has 2 atom stereocenters. The van der Waals surface area contributed by atoms with Crippen LogP contribution in [-0.4, -0.2) is 15.6 Å². The van der Waals surface area contributed by atoms with E-state index in [4.69, 9.17) is 0 Å². The summed E-state index contributed by atoms with van der Waals surface area (Å²) in [5, 5.41) is 3.85. The summed E-state index contributed by atoms with van der Waals surface area (Å²) in [4.78, 5) is 10.9. The number of halogens is 4. The third-order valence-electron chi connectivity index (χ3n) is 6.74. The number of Topliss-reactive ketones (excluding diaryl/α,β-unsaturated/α-hetero) is 1. The van der Waals surface area contributed by atoms with Crippen molar-refractivity contribution in [2.24, 2.45) is 5.92 Å². The smallest absolute Gasteiger partial charge is 0.298 e. The van der Waals surface area contributed by atoms with Crippen molar-refractivity contribution < 1.29 is 39.7 Å². The molecule has 0 N–H and O–H groups in total. The fourth-order valence-electron chi connectivity index (χ4n) is 4.21. The van der Waals surface area contributed by atoms with Gasteiger partial charge in [-0.2, -0.15) is 35.5 Å². The van der Waals surface area contributed by atoms with Crippen molar-refractivity contribution in [3.63, 3.8) is 0 Å². The third kappa shape index (κ3) is 14.5. The van der Waals surface area contributed by atoms with Crippen molar-refractivity contribution in [3.8, 4) is 0 Å². The maximum Gasteiger partial charge on any atom is 0.433 e. The molecular weight excluding hydrogens is 544 g/mol. The molecule has 0 spiro atoms. The number of carbonyl (C=O) groups is 1. The number of aromatic nitrogens is 2. The second-order valence-corrected chi connectivity index (χ2v) is 10.6. The van der Waals surface area contributed by atoms with Gasteiger partial charge in [-0.15, -0.1) is 12.1 Å². The first-order chi connectivity index (χ1) is 17.8. The molecule has 1 fully saturated rings. The number of hydrogen-bond donors (Lipinski definition) is 0. The molecule has 0 aliphatic heterocycles. The molecule has 0 amide bonds. The average molecular weight is 592 g/mol. The van der Waals surface area contributed by atoms with E-state index in [9.17, 15) is 22.4 Å². The summed E-state index contributed by atoms with van der Waals surface area (Å²) in [7, 11) is 0. The molecule has 222 valence electrons. The third-order valence-corrected chi connectivity index (χ3v) is 6.74. The minimum atomic E-state index is -4.45. The zero-order valence-corrected chi connectivity index (χ0v) is 26.0. The Morgan fingerprint density at radius 3 is 2.08 bits per heavy atom. The molecule has 0 bridgehead atoms. The number of unbranched alkanes of at least 4 members (excludes halogenated alkanes) is 4. The number of ketones is 1. The van der Waals surface area contributed by atoms with Gasteiger partial charge in [0.1, 0.15) is 5.69 Å². The Bertz CT molecular complexity index is 946. The Kier molecular flexibility index (Phi) is 17.9. The van der Waals surface area contributed by atoms with Crippen molar-refractivity contribution in [1.82, 2.24) is 9.78 Å². The second kappa shape index (κ2) is 18.7. The molecule has 0 radical (unpaired) electrons. The van der Waals surface area contributed by atoms with Gasteiger partial charge in [0, 0.05) is 29.1 Å². The van der Waals surface area contributed by atoms with E-state index in [0.29, 0.717) is 17.5 Å². The number of carbonyl (C=O) groups excluding carboxylic acids is 1. The van der Waals surface area contributed by atoms with Gasteiger partial charge in [0.25, 0.3) is 0 Å². The maximum absolute atomic E-state index is 13.2. The molecule has 2 unspecified atom stereocenters. The second-order valence-electron chi connectivity index (χ2n) is 10.6. The van der Waals surface area contributed by atoms with Crippen LogP contribution in [0.3, 0.4) is 0 Å². The van der Waals surface area contributed by atoms with Crippen LogP contribution in [0.25, 0.3) is 0 Å². The zero-order chi connectivity index (χ0) is 28.9. The fourth-order valence-corrected chi connectivity index (χ4v) is 4.21. The molecule has 1 aliphatic carbocycles. The molecule has 1 aromatic carbocycles. The summed E-state index contributed by atoms with van der Waals surface area (Å²) in [5.41, 5.74) is 1.52. The number of alkyl halides is 3. The molecule has 0 saturated heterocycles. The van der Waals surface area contributed by atoms with Gasteiger partial charge in [-0.25, -0.2) is 4.39 Å². The summed E-state index contributed by atoms with van der Waals surface area (Å²) >= 11 is 0. The Morgan fingerprint density at radius 1 is 1.05 bits per heavy atom. The molecule has 39 heavy (non-hydrogen) atoms. The monoisotopic (exact) mass is 591 g/mol. The Hall–Kier alpha value is -1.65. The fraction of sp³-hybridized carbons (Fsp3) is 0.677. The van der Waals surface area contributed by atoms with E-state index in [0.717, 1.165) is 34.7 Å². The van der Waals surface area contributed by atoms with Crippen LogP contribution in [0.2, 0.25) is 0 Å². The summed E-state index contributed by atoms with van der Waals surface area (Å²) in [6.07, 6.45) is 6.69. The Morgan fingerprint density at radius 2 is 1.64 bits per heavy atom. The van der Waals surface area contributed by atoms with Crippen LogP contribution in [0, 0.1) is 24.7 Å². The quantitative estimate of drug-likeness (QED) is 0.148. The van der Waals surface area contributed by atoms with Crippen LogP contribution in [0.15, 0.2) is 18.2 Å². The first-order valence-corrected chi connectivity index (χ1v) is 14.2. The minimum Gasteiger partial charge on any atom is -0.298 e. The van der Waals surface area contributed by atoms with Crippen LogP contribution in [-0.2, 0) is 34.9 Å². The van der Waals surface area contributed by atoms with E-state index in [1.165, 1.54) is 57.9 Å². The summed E-state index contributed by atoms with van der Waals surface area (Å²) in [6, 6.07) is 7.45. The van der Waals surface area contributed by atoms with Crippen molar-refractivity contribution in [2.45, 2.75) is 131 Å². The van der Waals surface area contributed by atoms with E-state index in [-0.39, 0.29) is 41.4 Å². The van der Waals surface area contributed by atoms with Crippen LogP contribution >= 0.6 is 0 Å². The number of nitrogens with zero attached hydrogens (tertiary/aromatic N) is 2. The molecule has 1 heterocycles. The van der Waals surface area contributed by atoms with E-state index < -0.39 is 11.9 Å². The minimum absolute atomic E-state index is 0. The van der Waals surface area contributed by atoms with Gasteiger partial charge in [0.05, 0.1) is 12.2 Å². The van der Waals surface area contributed by atoms with Gasteiger partial charge in [0.15, 0.2) is 5.78 Å². The van der Waals surface area contributed by atoms with Crippen LogP contribution in [0.4, 0.5) is 17.6 Å². The summed E-state index contributed by atoms with van der Waals surface area (Å²) < 4.78 is 51.8. The molecule has 8 heteroatoms. The van der Waals surface area contributed by atoms with Gasteiger partial charge in [0.2, 0.25) is 0 Å². The average Bonchev–Trinajstić information content (AvgIpc) is 3.58. The van der Waals surface area contributed by atoms with Crippen LogP contribution in [0.1, 0.15) is 134 Å².